The molecule has 0 spiro atoms. The fourth-order valence-electron chi connectivity index (χ4n) is 2.46. The van der Waals surface area contributed by atoms with Crippen molar-refractivity contribution >= 4 is 45.6 Å². The van der Waals surface area contributed by atoms with Gasteiger partial charge in [-0.05, 0) is 11.1 Å². The molecule has 1 N–H and O–H groups in total. The highest BCUT2D eigenvalue weighted by atomic mass is 32.2. The zero-order valence-electron chi connectivity index (χ0n) is 15.8. The van der Waals surface area contributed by atoms with E-state index in [0.29, 0.717) is 5.56 Å². The molecule has 0 bridgehead atoms. The van der Waals surface area contributed by atoms with Crippen LogP contribution in [0.2, 0.25) is 0 Å². The maximum absolute atomic E-state index is 13.0. The van der Waals surface area contributed by atoms with E-state index in [4.69, 9.17) is 32.8 Å². The summed E-state index contributed by atoms with van der Waals surface area (Å²) in [6.07, 6.45) is -16.1. The highest BCUT2D eigenvalue weighted by Crippen LogP contribution is 2.49. The lowest BCUT2D eigenvalue weighted by atomic mass is 9.85. The second-order valence-corrected chi connectivity index (χ2v) is 7.59. The Morgan fingerprint density at radius 1 is 0.875 bits per heavy atom. The van der Waals surface area contributed by atoms with Crippen LogP contribution < -0.4 is 4.74 Å². The summed E-state index contributed by atoms with van der Waals surface area (Å²) in [5.41, 5.74) is 0.736. The van der Waals surface area contributed by atoms with Gasteiger partial charge in [0.1, 0.15) is 12.2 Å². The molecule has 1 rings (SSSR count). The van der Waals surface area contributed by atoms with Gasteiger partial charge < -0.3 is 9.47 Å². The fourth-order valence-corrected chi connectivity index (χ4v) is 3.25. The maximum atomic E-state index is 13.0. The number of alkyl halides is 6. The van der Waals surface area contributed by atoms with Crippen LogP contribution >= 0.6 is 0 Å². The Hall–Kier alpha value is -2.16. The van der Waals surface area contributed by atoms with Crippen LogP contribution in [0.25, 0.3) is 0 Å². The van der Waals surface area contributed by atoms with Crippen molar-refractivity contribution in [3.05, 3.63) is 28.8 Å². The lowest BCUT2D eigenvalue weighted by Crippen LogP contribution is -2.64. The van der Waals surface area contributed by atoms with Crippen molar-refractivity contribution in [2.45, 2.75) is 42.7 Å². The molecular formula is C15H11B3F6O7S. The Kier molecular flexibility index (Phi) is 8.51. The van der Waals surface area contributed by atoms with E-state index < -0.39 is 45.8 Å². The predicted octanol–water partition coefficient (Wildman–Crippen LogP) is 1.24. The summed E-state index contributed by atoms with van der Waals surface area (Å²) in [6, 6.07) is 2.74. The first kappa shape index (κ1) is 27.9. The SMILES string of the molecule is [B]Cc1cc(C[B])c(OC(=O)CC(=O)OC(C(F)(F)F)(C(F)(F)F)S(=O)(=O)O)c(C[B])c1. The lowest BCUT2D eigenvalue weighted by Gasteiger charge is -2.33. The third-order valence-corrected chi connectivity index (χ3v) is 5.12. The van der Waals surface area contributed by atoms with E-state index in [1.807, 2.05) is 0 Å². The Bertz CT molecular complexity index is 940. The molecule has 170 valence electrons. The molecule has 0 aromatic heterocycles. The van der Waals surface area contributed by atoms with Gasteiger partial charge in [0.25, 0.3) is 0 Å². The van der Waals surface area contributed by atoms with E-state index in [0.717, 1.165) is 0 Å². The molecule has 1 aromatic rings. The van der Waals surface area contributed by atoms with Crippen LogP contribution in [0.4, 0.5) is 26.3 Å². The number of rotatable bonds is 8. The second-order valence-electron chi connectivity index (χ2n) is 6.07. The molecule has 0 saturated carbocycles. The van der Waals surface area contributed by atoms with E-state index >= 15 is 0 Å². The number of carbonyl (C=O) groups is 2. The monoisotopic (exact) mass is 482 g/mol. The summed E-state index contributed by atoms with van der Waals surface area (Å²) < 4.78 is 116. The quantitative estimate of drug-likeness (QED) is 0.149. The third kappa shape index (κ3) is 5.60. The van der Waals surface area contributed by atoms with Crippen LogP contribution in [0.5, 0.6) is 5.75 Å². The summed E-state index contributed by atoms with van der Waals surface area (Å²) in [6.45, 7) is 0. The van der Waals surface area contributed by atoms with Crippen molar-refractivity contribution in [2.75, 3.05) is 0 Å². The lowest BCUT2D eigenvalue weighted by molar-refractivity contribution is -0.335. The first-order valence-corrected chi connectivity index (χ1v) is 9.67. The predicted molar refractivity (Wildman–Crippen MR) is 97.5 cm³/mol. The van der Waals surface area contributed by atoms with Crippen LogP contribution in [0.3, 0.4) is 0 Å². The van der Waals surface area contributed by atoms with Gasteiger partial charge in [-0.25, -0.2) is 0 Å². The molecule has 0 heterocycles. The zero-order valence-corrected chi connectivity index (χ0v) is 16.6. The van der Waals surface area contributed by atoms with E-state index in [2.05, 4.69) is 4.74 Å². The first-order valence-electron chi connectivity index (χ1n) is 8.23. The van der Waals surface area contributed by atoms with Crippen LogP contribution in [-0.2, 0) is 43.4 Å². The minimum Gasteiger partial charge on any atom is -0.426 e. The zero-order chi connectivity index (χ0) is 25.1. The van der Waals surface area contributed by atoms with Crippen molar-refractivity contribution in [1.29, 1.82) is 0 Å². The molecule has 0 aliphatic carbocycles. The molecule has 0 saturated heterocycles. The molecular weight excluding hydrogens is 471 g/mol. The van der Waals surface area contributed by atoms with Crippen LogP contribution in [-0.4, -0.2) is 65.7 Å². The largest absolute Gasteiger partial charge is 0.456 e. The number of benzene rings is 1. The van der Waals surface area contributed by atoms with Crippen LogP contribution in [0, 0.1) is 0 Å². The summed E-state index contributed by atoms with van der Waals surface area (Å²) in [5, 5.41) is 0. The Morgan fingerprint density at radius 2 is 1.31 bits per heavy atom. The average Bonchev–Trinajstić information content (AvgIpc) is 2.62. The van der Waals surface area contributed by atoms with Crippen LogP contribution in [0.1, 0.15) is 23.1 Å². The molecule has 32 heavy (non-hydrogen) atoms. The highest BCUT2D eigenvalue weighted by molar-refractivity contribution is 7.87. The molecule has 0 fully saturated rings. The van der Waals surface area contributed by atoms with Gasteiger partial charge in [-0.1, -0.05) is 36.7 Å². The number of ether oxygens (including phenoxy) is 2. The molecule has 7 nitrogen and oxygen atoms in total. The van der Waals surface area contributed by atoms with Gasteiger partial charge in [-0.3, -0.25) is 14.1 Å². The van der Waals surface area contributed by atoms with Gasteiger partial charge in [-0.15, -0.1) is 0 Å². The summed E-state index contributed by atoms with van der Waals surface area (Å²) in [5.74, 6) is -4.66. The molecule has 1 aromatic carbocycles. The van der Waals surface area contributed by atoms with Crippen molar-refractivity contribution in [3.8, 4) is 5.75 Å². The van der Waals surface area contributed by atoms with Gasteiger partial charge in [0, 0.05) is 0 Å². The van der Waals surface area contributed by atoms with Gasteiger partial charge in [-0.2, -0.15) is 34.8 Å². The Morgan fingerprint density at radius 3 is 1.62 bits per heavy atom. The number of esters is 2. The third-order valence-electron chi connectivity index (χ3n) is 3.85. The number of hydrogen-bond acceptors (Lipinski definition) is 6. The summed E-state index contributed by atoms with van der Waals surface area (Å²) in [7, 11) is 9.31. The van der Waals surface area contributed by atoms with E-state index in [9.17, 15) is 44.3 Å². The molecule has 6 radical (unpaired) electrons. The van der Waals surface area contributed by atoms with E-state index in [-0.39, 0.29) is 35.8 Å². The molecule has 0 unspecified atom stereocenters. The minimum absolute atomic E-state index is 0.0210. The van der Waals surface area contributed by atoms with Crippen molar-refractivity contribution in [3.63, 3.8) is 0 Å². The Balaban J connectivity index is 3.25. The Labute approximate surface area is 181 Å². The first-order chi connectivity index (χ1) is 14.4. The summed E-state index contributed by atoms with van der Waals surface area (Å²) >= 11 is 0. The molecule has 0 aliphatic rings. The molecule has 0 aliphatic heterocycles. The number of hydrogen-bond donors (Lipinski definition) is 1. The van der Waals surface area contributed by atoms with E-state index in [1.54, 1.807) is 0 Å². The fraction of sp³-hybridized carbons (Fsp3) is 0.467. The molecule has 0 atom stereocenters. The second kappa shape index (κ2) is 9.77. The van der Waals surface area contributed by atoms with Gasteiger partial charge in [0.2, 0.25) is 0 Å². The normalized spacial score (nSPS) is 13.0. The number of carbonyl (C=O) groups excluding carboxylic acids is 2. The van der Waals surface area contributed by atoms with Gasteiger partial charge >= 0.3 is 39.3 Å². The van der Waals surface area contributed by atoms with Crippen molar-refractivity contribution in [1.82, 2.24) is 0 Å². The minimum atomic E-state index is -7.15. The highest BCUT2D eigenvalue weighted by Gasteiger charge is 2.82. The van der Waals surface area contributed by atoms with E-state index in [1.165, 1.54) is 12.1 Å². The molecule has 0 amide bonds. The van der Waals surface area contributed by atoms with Crippen LogP contribution in [0.15, 0.2) is 12.1 Å². The molecule has 17 heteroatoms. The van der Waals surface area contributed by atoms with Gasteiger partial charge in [0.05, 0.1) is 23.5 Å². The maximum Gasteiger partial charge on any atom is 0.456 e. The average molecular weight is 482 g/mol. The van der Waals surface area contributed by atoms with Gasteiger partial charge in [0.15, 0.2) is 0 Å². The number of halogens is 6. The summed E-state index contributed by atoms with van der Waals surface area (Å²) in [4.78, 5) is 17.3. The topological polar surface area (TPSA) is 107 Å². The smallest absolute Gasteiger partial charge is 0.426 e. The standard InChI is InChI=1S/C15H11B3F6O7S/c16-4-7-1-8(5-17)12(9(2-7)6-18)30-10(25)3-11(26)31-13(14(19,20)21,15(22,23)24)32(27,28)29/h1-2H,3-6H2,(H,27,28,29). The van der Waals surface area contributed by atoms with Crippen molar-refractivity contribution in [2.24, 2.45) is 0 Å². The van der Waals surface area contributed by atoms with Crippen molar-refractivity contribution < 1.29 is 58.4 Å².